The van der Waals surface area contributed by atoms with E-state index in [0.717, 1.165) is 16.9 Å². The van der Waals surface area contributed by atoms with Crippen molar-refractivity contribution in [3.8, 4) is 23.0 Å². The van der Waals surface area contributed by atoms with Crippen LogP contribution in [0.1, 0.15) is 11.1 Å². The average molecular weight is 423 g/mol. The summed E-state index contributed by atoms with van der Waals surface area (Å²) in [7, 11) is 4.56. The largest absolute Gasteiger partial charge is 0.493 e. The van der Waals surface area contributed by atoms with Gasteiger partial charge in [-0.3, -0.25) is 4.98 Å². The maximum absolute atomic E-state index is 12.3. The number of carbonyl (C=O) groups is 1. The molecule has 0 aliphatic heterocycles. The zero-order valence-electron chi connectivity index (χ0n) is 17.7. The molecule has 1 aromatic heterocycles. The van der Waals surface area contributed by atoms with E-state index in [1.54, 1.807) is 24.5 Å². The Labute approximate surface area is 181 Å². The van der Waals surface area contributed by atoms with Crippen molar-refractivity contribution in [2.24, 2.45) is 0 Å². The molecule has 31 heavy (non-hydrogen) atoms. The lowest BCUT2D eigenvalue weighted by atomic mass is 10.2. The highest BCUT2D eigenvalue weighted by atomic mass is 16.5. The Balaban J connectivity index is 1.52. The maximum atomic E-state index is 12.3. The molecule has 0 bridgehead atoms. The fraction of sp³-hybridized carbons (Fsp3) is 0.217. The van der Waals surface area contributed by atoms with Crippen LogP contribution in [0.2, 0.25) is 0 Å². The number of hydrogen-bond donors (Lipinski definition) is 2. The molecule has 0 unspecified atom stereocenters. The monoisotopic (exact) mass is 423 g/mol. The summed E-state index contributed by atoms with van der Waals surface area (Å²) in [4.78, 5) is 16.4. The number of aromatic nitrogens is 1. The van der Waals surface area contributed by atoms with Crippen LogP contribution < -0.4 is 29.6 Å². The van der Waals surface area contributed by atoms with Crippen LogP contribution in [0, 0.1) is 0 Å². The second-order valence-corrected chi connectivity index (χ2v) is 6.52. The van der Waals surface area contributed by atoms with Crippen molar-refractivity contribution in [2.45, 2.75) is 13.2 Å². The quantitative estimate of drug-likeness (QED) is 0.540. The first-order chi connectivity index (χ1) is 15.1. The minimum atomic E-state index is -0.355. The van der Waals surface area contributed by atoms with Crippen LogP contribution in [0.5, 0.6) is 23.0 Å². The van der Waals surface area contributed by atoms with E-state index in [9.17, 15) is 4.79 Å². The molecule has 2 aromatic carbocycles. The first-order valence-electron chi connectivity index (χ1n) is 9.58. The summed E-state index contributed by atoms with van der Waals surface area (Å²) < 4.78 is 21.6. The molecule has 8 nitrogen and oxygen atoms in total. The minimum Gasteiger partial charge on any atom is -0.493 e. The van der Waals surface area contributed by atoms with E-state index in [0.29, 0.717) is 36.1 Å². The maximum Gasteiger partial charge on any atom is 0.319 e. The summed E-state index contributed by atoms with van der Waals surface area (Å²) in [5.74, 6) is 2.12. The highest BCUT2D eigenvalue weighted by molar-refractivity contribution is 5.90. The molecule has 3 rings (SSSR count). The van der Waals surface area contributed by atoms with Crippen LogP contribution in [-0.2, 0) is 13.2 Å². The standard InChI is InChI=1S/C23H25N3O5/c1-28-20-11-18(12-21(29-2)22(20)30-3)26-23(27)25-14-16-6-8-19(9-7-16)31-15-17-5-4-10-24-13-17/h4-13H,14-15H2,1-3H3,(H2,25,26,27). The third-order valence-corrected chi connectivity index (χ3v) is 4.43. The van der Waals surface area contributed by atoms with Crippen LogP contribution in [0.25, 0.3) is 0 Å². The molecule has 0 radical (unpaired) electrons. The van der Waals surface area contributed by atoms with E-state index in [1.165, 1.54) is 21.3 Å². The van der Waals surface area contributed by atoms with Crippen LogP contribution in [0.15, 0.2) is 60.9 Å². The Hall–Kier alpha value is -3.94. The fourth-order valence-corrected chi connectivity index (χ4v) is 2.86. The second kappa shape index (κ2) is 10.7. The normalized spacial score (nSPS) is 10.2. The second-order valence-electron chi connectivity index (χ2n) is 6.52. The number of nitrogens with one attached hydrogen (secondary N) is 2. The zero-order valence-corrected chi connectivity index (χ0v) is 17.7. The van der Waals surface area contributed by atoms with Crippen molar-refractivity contribution in [1.29, 1.82) is 0 Å². The number of benzene rings is 2. The van der Waals surface area contributed by atoms with E-state index in [4.69, 9.17) is 18.9 Å². The van der Waals surface area contributed by atoms with Crippen molar-refractivity contribution < 1.29 is 23.7 Å². The summed E-state index contributed by atoms with van der Waals surface area (Å²) in [5, 5.41) is 5.58. The number of hydrogen-bond acceptors (Lipinski definition) is 6. The van der Waals surface area contributed by atoms with Gasteiger partial charge < -0.3 is 29.6 Å². The molecule has 0 saturated carbocycles. The minimum absolute atomic E-state index is 0.355. The van der Waals surface area contributed by atoms with Gasteiger partial charge in [0.15, 0.2) is 11.5 Å². The Morgan fingerprint density at radius 3 is 2.23 bits per heavy atom. The van der Waals surface area contributed by atoms with E-state index >= 15 is 0 Å². The van der Waals surface area contributed by atoms with E-state index in [-0.39, 0.29) is 6.03 Å². The summed E-state index contributed by atoms with van der Waals surface area (Å²) in [6, 6.07) is 14.3. The fourth-order valence-electron chi connectivity index (χ4n) is 2.86. The summed E-state index contributed by atoms with van der Waals surface area (Å²) in [5.41, 5.74) is 2.46. The van der Waals surface area contributed by atoms with Crippen molar-refractivity contribution in [1.82, 2.24) is 10.3 Å². The van der Waals surface area contributed by atoms with Crippen molar-refractivity contribution in [3.63, 3.8) is 0 Å². The van der Waals surface area contributed by atoms with Gasteiger partial charge in [-0.2, -0.15) is 0 Å². The molecule has 0 aliphatic rings. The molecule has 1 heterocycles. The number of rotatable bonds is 9. The van der Waals surface area contributed by atoms with Gasteiger partial charge in [0.25, 0.3) is 0 Å². The van der Waals surface area contributed by atoms with Crippen molar-refractivity contribution >= 4 is 11.7 Å². The Morgan fingerprint density at radius 2 is 1.65 bits per heavy atom. The molecule has 0 spiro atoms. The van der Waals surface area contributed by atoms with E-state index < -0.39 is 0 Å². The lowest BCUT2D eigenvalue weighted by molar-refractivity contribution is 0.251. The number of methoxy groups -OCH3 is 3. The topological polar surface area (TPSA) is 90.9 Å². The number of carbonyl (C=O) groups excluding carboxylic acids is 1. The average Bonchev–Trinajstić information content (AvgIpc) is 2.82. The lowest BCUT2D eigenvalue weighted by Gasteiger charge is -2.15. The van der Waals surface area contributed by atoms with E-state index in [1.807, 2.05) is 36.4 Å². The van der Waals surface area contributed by atoms with Gasteiger partial charge in [-0.05, 0) is 23.8 Å². The Bertz CT molecular complexity index is 969. The van der Waals surface area contributed by atoms with Crippen LogP contribution in [-0.4, -0.2) is 32.3 Å². The predicted octanol–water partition coefficient (Wildman–Crippen LogP) is 4.01. The SMILES string of the molecule is COc1cc(NC(=O)NCc2ccc(OCc3cccnc3)cc2)cc(OC)c1OC. The molecule has 8 heteroatoms. The van der Waals surface area contributed by atoms with Gasteiger partial charge >= 0.3 is 6.03 Å². The number of nitrogens with zero attached hydrogens (tertiary/aromatic N) is 1. The third-order valence-electron chi connectivity index (χ3n) is 4.43. The molecule has 0 aliphatic carbocycles. The van der Waals surface area contributed by atoms with Crippen LogP contribution >= 0.6 is 0 Å². The molecule has 2 N–H and O–H groups in total. The third kappa shape index (κ3) is 6.02. The summed E-state index contributed by atoms with van der Waals surface area (Å²) >= 11 is 0. The first kappa shape index (κ1) is 21.8. The van der Waals surface area contributed by atoms with Gasteiger partial charge in [0.05, 0.1) is 27.0 Å². The van der Waals surface area contributed by atoms with Gasteiger partial charge in [-0.15, -0.1) is 0 Å². The smallest absolute Gasteiger partial charge is 0.319 e. The van der Waals surface area contributed by atoms with Gasteiger partial charge in [0.2, 0.25) is 5.75 Å². The molecule has 3 aromatic rings. The molecule has 0 fully saturated rings. The number of anilines is 1. The number of urea groups is 1. The van der Waals surface area contributed by atoms with Crippen molar-refractivity contribution in [2.75, 3.05) is 26.6 Å². The predicted molar refractivity (Wildman–Crippen MR) is 117 cm³/mol. The first-order valence-corrected chi connectivity index (χ1v) is 9.58. The van der Waals surface area contributed by atoms with Gasteiger partial charge in [0, 0.05) is 36.6 Å². The Morgan fingerprint density at radius 1 is 0.935 bits per heavy atom. The number of pyridine rings is 1. The molecule has 2 amide bonds. The highest BCUT2D eigenvalue weighted by Crippen LogP contribution is 2.39. The molecular formula is C23H25N3O5. The van der Waals surface area contributed by atoms with Gasteiger partial charge in [-0.25, -0.2) is 4.79 Å². The number of ether oxygens (including phenoxy) is 4. The summed E-state index contributed by atoms with van der Waals surface area (Å²) in [6.07, 6.45) is 3.49. The zero-order chi connectivity index (χ0) is 22.1. The molecule has 162 valence electrons. The van der Waals surface area contributed by atoms with Crippen molar-refractivity contribution in [3.05, 3.63) is 72.1 Å². The van der Waals surface area contributed by atoms with Crippen LogP contribution in [0.4, 0.5) is 10.5 Å². The van der Waals surface area contributed by atoms with Gasteiger partial charge in [-0.1, -0.05) is 18.2 Å². The molecular weight excluding hydrogens is 398 g/mol. The molecule has 0 atom stereocenters. The van der Waals surface area contributed by atoms with Gasteiger partial charge in [0.1, 0.15) is 12.4 Å². The van der Waals surface area contributed by atoms with Crippen LogP contribution in [0.3, 0.4) is 0 Å². The summed E-state index contributed by atoms with van der Waals surface area (Å²) in [6.45, 7) is 0.807. The lowest BCUT2D eigenvalue weighted by Crippen LogP contribution is -2.28. The van der Waals surface area contributed by atoms with E-state index in [2.05, 4.69) is 15.6 Å². The Kier molecular flexibility index (Phi) is 7.53. The molecule has 0 saturated heterocycles. The highest BCUT2D eigenvalue weighted by Gasteiger charge is 2.14. The number of amides is 2.